The Morgan fingerprint density at radius 2 is 1.92 bits per heavy atom. The molecule has 2 aromatic carbocycles. The number of hydrogen-bond donors (Lipinski definition) is 3. The SMILES string of the molecule is CCOc1ccc(NC(=O)CC(=O)N/N=C/c2ccc(O)c(Br)c2)cc1. The molecule has 0 heterocycles. The monoisotopic (exact) mass is 419 g/mol. The number of phenolic OH excluding ortho intramolecular Hbond substituents is 1. The van der Waals surface area contributed by atoms with Crippen LogP contribution in [0.3, 0.4) is 0 Å². The number of ether oxygens (including phenoxy) is 1. The Morgan fingerprint density at radius 3 is 2.58 bits per heavy atom. The van der Waals surface area contributed by atoms with Gasteiger partial charge >= 0.3 is 0 Å². The zero-order chi connectivity index (χ0) is 18.9. The summed E-state index contributed by atoms with van der Waals surface area (Å²) >= 11 is 3.18. The van der Waals surface area contributed by atoms with Gasteiger partial charge in [0.15, 0.2) is 0 Å². The smallest absolute Gasteiger partial charge is 0.249 e. The third-order valence-corrected chi connectivity index (χ3v) is 3.78. The molecule has 0 aliphatic carbocycles. The summed E-state index contributed by atoms with van der Waals surface area (Å²) in [6.07, 6.45) is 1.05. The number of aromatic hydroxyl groups is 1. The van der Waals surface area contributed by atoms with Crippen molar-refractivity contribution >= 4 is 39.6 Å². The van der Waals surface area contributed by atoms with Gasteiger partial charge in [0, 0.05) is 5.69 Å². The number of phenols is 1. The van der Waals surface area contributed by atoms with E-state index in [-0.39, 0.29) is 12.2 Å². The van der Waals surface area contributed by atoms with E-state index in [1.54, 1.807) is 36.4 Å². The van der Waals surface area contributed by atoms with Crippen LogP contribution in [0.15, 0.2) is 52.0 Å². The number of amides is 2. The molecule has 0 aliphatic rings. The van der Waals surface area contributed by atoms with Gasteiger partial charge in [0.05, 0.1) is 17.3 Å². The van der Waals surface area contributed by atoms with E-state index in [4.69, 9.17) is 4.74 Å². The van der Waals surface area contributed by atoms with E-state index in [0.29, 0.717) is 28.1 Å². The lowest BCUT2D eigenvalue weighted by Crippen LogP contribution is -2.24. The van der Waals surface area contributed by atoms with Gasteiger partial charge in [-0.1, -0.05) is 0 Å². The highest BCUT2D eigenvalue weighted by atomic mass is 79.9. The number of nitrogens with one attached hydrogen (secondary N) is 2. The molecule has 8 heteroatoms. The highest BCUT2D eigenvalue weighted by Gasteiger charge is 2.09. The lowest BCUT2D eigenvalue weighted by atomic mass is 10.2. The molecule has 0 saturated heterocycles. The number of anilines is 1. The fourth-order valence-electron chi connectivity index (χ4n) is 1.97. The maximum Gasteiger partial charge on any atom is 0.249 e. The zero-order valence-corrected chi connectivity index (χ0v) is 15.6. The number of hydrazone groups is 1. The molecule has 26 heavy (non-hydrogen) atoms. The quantitative estimate of drug-likeness (QED) is 0.364. The summed E-state index contributed by atoms with van der Waals surface area (Å²) in [7, 11) is 0. The molecule has 0 spiro atoms. The molecule has 136 valence electrons. The lowest BCUT2D eigenvalue weighted by molar-refractivity contribution is -0.126. The summed E-state index contributed by atoms with van der Waals surface area (Å²) in [6.45, 7) is 2.45. The van der Waals surface area contributed by atoms with Crippen molar-refractivity contribution in [1.29, 1.82) is 0 Å². The molecular weight excluding hydrogens is 402 g/mol. The van der Waals surface area contributed by atoms with Crippen LogP contribution >= 0.6 is 15.9 Å². The van der Waals surface area contributed by atoms with Gasteiger partial charge in [0.1, 0.15) is 17.9 Å². The second-order valence-electron chi connectivity index (χ2n) is 5.19. The largest absolute Gasteiger partial charge is 0.507 e. The van der Waals surface area contributed by atoms with Gasteiger partial charge in [-0.05, 0) is 70.9 Å². The van der Waals surface area contributed by atoms with Crippen molar-refractivity contribution < 1.29 is 19.4 Å². The lowest BCUT2D eigenvalue weighted by Gasteiger charge is -2.06. The highest BCUT2D eigenvalue weighted by Crippen LogP contribution is 2.23. The van der Waals surface area contributed by atoms with Crippen molar-refractivity contribution in [2.24, 2.45) is 5.10 Å². The fraction of sp³-hybridized carbons (Fsp3) is 0.167. The van der Waals surface area contributed by atoms with Gasteiger partial charge in [0.25, 0.3) is 0 Å². The van der Waals surface area contributed by atoms with Crippen LogP contribution in [0.5, 0.6) is 11.5 Å². The van der Waals surface area contributed by atoms with Crippen molar-refractivity contribution in [1.82, 2.24) is 5.43 Å². The summed E-state index contributed by atoms with van der Waals surface area (Å²) in [6, 6.07) is 11.6. The summed E-state index contributed by atoms with van der Waals surface area (Å²) in [4.78, 5) is 23.6. The molecule has 0 bridgehead atoms. The summed E-state index contributed by atoms with van der Waals surface area (Å²) < 4.78 is 5.83. The van der Waals surface area contributed by atoms with E-state index in [9.17, 15) is 14.7 Å². The maximum atomic E-state index is 11.9. The number of hydrogen-bond acceptors (Lipinski definition) is 5. The van der Waals surface area contributed by atoms with Crippen LogP contribution in [0.25, 0.3) is 0 Å². The van der Waals surface area contributed by atoms with Crippen LogP contribution in [0.1, 0.15) is 18.9 Å². The van der Waals surface area contributed by atoms with Crippen LogP contribution in [0, 0.1) is 0 Å². The fourth-order valence-corrected chi connectivity index (χ4v) is 2.37. The second kappa shape index (κ2) is 9.57. The van der Waals surface area contributed by atoms with E-state index in [1.165, 1.54) is 12.3 Å². The minimum absolute atomic E-state index is 0.108. The van der Waals surface area contributed by atoms with Gasteiger partial charge in [-0.3, -0.25) is 9.59 Å². The van der Waals surface area contributed by atoms with Gasteiger partial charge in [-0.25, -0.2) is 5.43 Å². The number of carbonyl (C=O) groups excluding carboxylic acids is 2. The van der Waals surface area contributed by atoms with Crippen molar-refractivity contribution in [3.63, 3.8) is 0 Å². The molecule has 0 atom stereocenters. The standard InChI is InChI=1S/C18H18BrN3O4/c1-2-26-14-6-4-13(5-7-14)21-17(24)10-18(25)22-20-11-12-3-8-16(23)15(19)9-12/h3-9,11,23H,2,10H2,1H3,(H,21,24)(H,22,25)/b20-11+. The first-order valence-corrected chi connectivity index (χ1v) is 8.60. The third kappa shape index (κ3) is 6.21. The summed E-state index contributed by atoms with van der Waals surface area (Å²) in [5.41, 5.74) is 3.53. The molecule has 7 nitrogen and oxygen atoms in total. The topological polar surface area (TPSA) is 100 Å². The number of rotatable bonds is 7. The van der Waals surface area contributed by atoms with E-state index >= 15 is 0 Å². The Balaban J connectivity index is 1.80. The predicted octanol–water partition coefficient (Wildman–Crippen LogP) is 3.03. The average Bonchev–Trinajstić information content (AvgIpc) is 2.60. The number of carbonyl (C=O) groups is 2. The van der Waals surface area contributed by atoms with E-state index in [2.05, 4.69) is 31.8 Å². The van der Waals surface area contributed by atoms with Crippen molar-refractivity contribution in [2.75, 3.05) is 11.9 Å². The zero-order valence-electron chi connectivity index (χ0n) is 14.0. The maximum absolute atomic E-state index is 11.9. The van der Waals surface area contributed by atoms with E-state index in [0.717, 1.165) is 0 Å². The van der Waals surface area contributed by atoms with E-state index < -0.39 is 11.8 Å². The molecule has 0 aromatic heterocycles. The first kappa shape index (κ1) is 19.5. The number of nitrogens with zero attached hydrogens (tertiary/aromatic N) is 1. The van der Waals surface area contributed by atoms with Crippen molar-refractivity contribution in [2.45, 2.75) is 13.3 Å². The van der Waals surface area contributed by atoms with Gasteiger partial charge < -0.3 is 15.2 Å². The summed E-state index contributed by atoms with van der Waals surface area (Å²) in [5, 5.41) is 15.8. The molecule has 0 fully saturated rings. The highest BCUT2D eigenvalue weighted by molar-refractivity contribution is 9.10. The first-order valence-electron chi connectivity index (χ1n) is 7.81. The Bertz CT molecular complexity index is 807. The van der Waals surface area contributed by atoms with Crippen molar-refractivity contribution in [3.05, 3.63) is 52.5 Å². The van der Waals surface area contributed by atoms with Crippen LogP contribution in [0.4, 0.5) is 5.69 Å². The summed E-state index contributed by atoms with van der Waals surface area (Å²) in [5.74, 6) is -0.174. The molecule has 3 N–H and O–H groups in total. The van der Waals surface area contributed by atoms with E-state index in [1.807, 2.05) is 6.92 Å². The average molecular weight is 420 g/mol. The molecule has 2 rings (SSSR count). The van der Waals surface area contributed by atoms with Crippen LogP contribution < -0.4 is 15.5 Å². The minimum Gasteiger partial charge on any atom is -0.507 e. The molecular formula is C18H18BrN3O4. The predicted molar refractivity (Wildman–Crippen MR) is 102 cm³/mol. The second-order valence-corrected chi connectivity index (χ2v) is 6.04. The molecule has 2 aromatic rings. The van der Waals surface area contributed by atoms with Crippen LogP contribution in [-0.4, -0.2) is 29.7 Å². The molecule has 0 radical (unpaired) electrons. The Labute approximate surface area is 159 Å². The van der Waals surface area contributed by atoms with Gasteiger partial charge in [0.2, 0.25) is 11.8 Å². The Morgan fingerprint density at radius 1 is 1.19 bits per heavy atom. The van der Waals surface area contributed by atoms with Gasteiger partial charge in [-0.15, -0.1) is 0 Å². The molecule has 0 saturated carbocycles. The number of benzene rings is 2. The Hall–Kier alpha value is -2.87. The normalized spacial score (nSPS) is 10.5. The molecule has 0 aliphatic heterocycles. The molecule has 2 amide bonds. The van der Waals surface area contributed by atoms with Crippen molar-refractivity contribution in [3.8, 4) is 11.5 Å². The molecule has 0 unspecified atom stereocenters. The number of halogens is 1. The first-order chi connectivity index (χ1) is 12.5. The third-order valence-electron chi connectivity index (χ3n) is 3.14. The van der Waals surface area contributed by atoms with Crippen LogP contribution in [-0.2, 0) is 9.59 Å². The minimum atomic E-state index is -0.539. The van der Waals surface area contributed by atoms with Crippen LogP contribution in [0.2, 0.25) is 0 Å². The van der Waals surface area contributed by atoms with Gasteiger partial charge in [-0.2, -0.15) is 5.10 Å². The Kier molecular flexibility index (Phi) is 7.16.